The van der Waals surface area contributed by atoms with Gasteiger partial charge in [0.05, 0.1) is 22.1 Å². The van der Waals surface area contributed by atoms with Crippen molar-refractivity contribution in [2.24, 2.45) is 5.92 Å². The van der Waals surface area contributed by atoms with Crippen molar-refractivity contribution in [2.45, 2.75) is 40.0 Å². The first-order chi connectivity index (χ1) is 14.7. The molecule has 0 saturated heterocycles. The first kappa shape index (κ1) is 24.3. The number of benzene rings is 2. The molecule has 2 aromatic rings. The third kappa shape index (κ3) is 6.77. The molecular formula is C22H26ClN3O5. The molecule has 9 heteroatoms. The van der Waals surface area contributed by atoms with Gasteiger partial charge in [0.25, 0.3) is 11.6 Å². The van der Waals surface area contributed by atoms with Crippen LogP contribution in [0.4, 0.5) is 5.69 Å². The number of hydrogen-bond acceptors (Lipinski definition) is 5. The summed E-state index contributed by atoms with van der Waals surface area (Å²) in [6.45, 7) is 6.87. The Bertz CT molecular complexity index is 948. The summed E-state index contributed by atoms with van der Waals surface area (Å²) < 4.78 is 5.46. The van der Waals surface area contributed by atoms with E-state index in [0.29, 0.717) is 19.8 Å². The normalized spacial score (nSPS) is 11.8. The number of halogens is 1. The van der Waals surface area contributed by atoms with Crippen molar-refractivity contribution in [3.05, 3.63) is 74.3 Å². The molecule has 1 atom stereocenters. The van der Waals surface area contributed by atoms with Gasteiger partial charge in [-0.1, -0.05) is 49.7 Å². The molecule has 0 radical (unpaired) electrons. The molecule has 0 aromatic heterocycles. The summed E-state index contributed by atoms with van der Waals surface area (Å²) in [5, 5.41) is 16.3. The Morgan fingerprint density at radius 3 is 2.42 bits per heavy atom. The summed E-state index contributed by atoms with van der Waals surface area (Å²) in [4.78, 5) is 35.7. The molecule has 0 heterocycles. The first-order valence-corrected chi connectivity index (χ1v) is 10.3. The molecule has 0 spiro atoms. The lowest BCUT2D eigenvalue weighted by atomic mass is 10.0. The van der Waals surface area contributed by atoms with Crippen LogP contribution in [0, 0.1) is 16.0 Å². The molecule has 31 heavy (non-hydrogen) atoms. The number of nitrogens with one attached hydrogen (secondary N) is 2. The molecule has 2 amide bonds. The Balaban J connectivity index is 2.08. The van der Waals surface area contributed by atoms with E-state index in [2.05, 4.69) is 10.6 Å². The number of nitrogens with zero attached hydrogens (tertiary/aromatic N) is 1. The van der Waals surface area contributed by atoms with Crippen LogP contribution in [0.5, 0.6) is 0 Å². The quantitative estimate of drug-likeness (QED) is 0.424. The molecular weight excluding hydrogens is 422 g/mol. The topological polar surface area (TPSA) is 111 Å². The van der Waals surface area contributed by atoms with Gasteiger partial charge in [-0.15, -0.1) is 0 Å². The van der Waals surface area contributed by atoms with Crippen LogP contribution in [0.2, 0.25) is 5.02 Å². The second-order valence-electron chi connectivity index (χ2n) is 7.24. The van der Waals surface area contributed by atoms with Crippen molar-refractivity contribution < 1.29 is 19.2 Å². The Labute approximate surface area is 186 Å². The number of ether oxygens (including phenoxy) is 1. The third-order valence-corrected chi connectivity index (χ3v) is 4.99. The molecule has 2 aromatic carbocycles. The number of rotatable bonds is 10. The van der Waals surface area contributed by atoms with Gasteiger partial charge >= 0.3 is 0 Å². The van der Waals surface area contributed by atoms with Crippen LogP contribution < -0.4 is 10.6 Å². The fourth-order valence-electron chi connectivity index (χ4n) is 2.93. The van der Waals surface area contributed by atoms with Crippen LogP contribution in [-0.4, -0.2) is 29.4 Å². The van der Waals surface area contributed by atoms with E-state index < -0.39 is 16.9 Å². The predicted octanol–water partition coefficient (Wildman–Crippen LogP) is 3.86. The van der Waals surface area contributed by atoms with Crippen LogP contribution in [-0.2, 0) is 22.7 Å². The average molecular weight is 448 g/mol. The molecule has 0 aliphatic rings. The zero-order valence-electron chi connectivity index (χ0n) is 17.7. The van der Waals surface area contributed by atoms with Crippen molar-refractivity contribution in [1.82, 2.24) is 10.6 Å². The first-order valence-electron chi connectivity index (χ1n) is 9.91. The minimum absolute atomic E-state index is 0.0561. The molecule has 0 saturated carbocycles. The molecule has 0 aliphatic carbocycles. The maximum absolute atomic E-state index is 12.8. The maximum atomic E-state index is 12.8. The number of nitro groups is 1. The zero-order valence-corrected chi connectivity index (χ0v) is 18.4. The number of amides is 2. The van der Waals surface area contributed by atoms with E-state index in [-0.39, 0.29) is 28.1 Å². The van der Waals surface area contributed by atoms with Crippen molar-refractivity contribution >= 4 is 29.1 Å². The van der Waals surface area contributed by atoms with Crippen LogP contribution in [0.15, 0.2) is 42.5 Å². The average Bonchev–Trinajstić information content (AvgIpc) is 2.74. The highest BCUT2D eigenvalue weighted by atomic mass is 35.5. The van der Waals surface area contributed by atoms with Crippen LogP contribution in [0.1, 0.15) is 42.3 Å². The van der Waals surface area contributed by atoms with Gasteiger partial charge in [-0.05, 0) is 30.0 Å². The maximum Gasteiger partial charge on any atom is 0.270 e. The Morgan fingerprint density at radius 1 is 1.16 bits per heavy atom. The Kier molecular flexibility index (Phi) is 8.96. The Hall–Kier alpha value is -2.97. The SMILES string of the molecule is CCOCc1ccccc1CNC(=O)C(NC(=O)c1ccc([N+](=O)[O-])cc1Cl)C(C)C. The van der Waals surface area contributed by atoms with Crippen molar-refractivity contribution in [2.75, 3.05) is 6.61 Å². The number of carbonyl (C=O) groups is 2. The van der Waals surface area contributed by atoms with E-state index >= 15 is 0 Å². The number of nitro benzene ring substituents is 1. The molecule has 166 valence electrons. The van der Waals surface area contributed by atoms with Gasteiger partial charge in [0.1, 0.15) is 6.04 Å². The standard InChI is InChI=1S/C22H26ClN3O5/c1-4-31-13-16-8-6-5-7-15(16)12-24-22(28)20(14(2)3)25-21(27)18-10-9-17(26(29)30)11-19(18)23/h5-11,14,20H,4,12-13H2,1-3H3,(H,24,28)(H,25,27). The fraction of sp³-hybridized carbons (Fsp3) is 0.364. The smallest absolute Gasteiger partial charge is 0.270 e. The highest BCUT2D eigenvalue weighted by Crippen LogP contribution is 2.22. The summed E-state index contributed by atoms with van der Waals surface area (Å²) in [7, 11) is 0. The highest BCUT2D eigenvalue weighted by molar-refractivity contribution is 6.34. The summed E-state index contributed by atoms with van der Waals surface area (Å²) in [5.41, 5.74) is 1.75. The van der Waals surface area contributed by atoms with E-state index in [0.717, 1.165) is 17.2 Å². The largest absolute Gasteiger partial charge is 0.377 e. The lowest BCUT2D eigenvalue weighted by molar-refractivity contribution is -0.384. The molecule has 0 aliphatic heterocycles. The van der Waals surface area contributed by atoms with Gasteiger partial charge in [-0.3, -0.25) is 19.7 Å². The summed E-state index contributed by atoms with van der Waals surface area (Å²) in [5.74, 6) is -1.11. The van der Waals surface area contributed by atoms with Crippen molar-refractivity contribution in [1.29, 1.82) is 0 Å². The monoisotopic (exact) mass is 447 g/mol. The van der Waals surface area contributed by atoms with Crippen LogP contribution in [0.3, 0.4) is 0 Å². The van der Waals surface area contributed by atoms with E-state index in [4.69, 9.17) is 16.3 Å². The van der Waals surface area contributed by atoms with Crippen molar-refractivity contribution in [3.63, 3.8) is 0 Å². The van der Waals surface area contributed by atoms with E-state index in [1.165, 1.54) is 12.1 Å². The van der Waals surface area contributed by atoms with E-state index in [1.54, 1.807) is 0 Å². The van der Waals surface area contributed by atoms with Gasteiger partial charge in [0.2, 0.25) is 5.91 Å². The minimum Gasteiger partial charge on any atom is -0.377 e. The van der Waals surface area contributed by atoms with Gasteiger partial charge in [0, 0.05) is 25.3 Å². The number of hydrogen-bond donors (Lipinski definition) is 2. The molecule has 8 nitrogen and oxygen atoms in total. The molecule has 0 bridgehead atoms. The molecule has 2 rings (SSSR count). The zero-order chi connectivity index (χ0) is 23.0. The van der Waals surface area contributed by atoms with Crippen LogP contribution in [0.25, 0.3) is 0 Å². The highest BCUT2D eigenvalue weighted by Gasteiger charge is 2.26. The van der Waals surface area contributed by atoms with Crippen molar-refractivity contribution in [3.8, 4) is 0 Å². The molecule has 1 unspecified atom stereocenters. The fourth-order valence-corrected chi connectivity index (χ4v) is 3.19. The predicted molar refractivity (Wildman–Crippen MR) is 118 cm³/mol. The lowest BCUT2D eigenvalue weighted by Crippen LogP contribution is -2.49. The Morgan fingerprint density at radius 2 is 1.84 bits per heavy atom. The van der Waals surface area contributed by atoms with Gasteiger partial charge in [-0.25, -0.2) is 0 Å². The van der Waals surface area contributed by atoms with Crippen LogP contribution >= 0.6 is 11.6 Å². The molecule has 2 N–H and O–H groups in total. The van der Waals surface area contributed by atoms with Gasteiger partial charge in [-0.2, -0.15) is 0 Å². The number of non-ortho nitro benzene ring substituents is 1. The second kappa shape index (κ2) is 11.4. The third-order valence-electron chi connectivity index (χ3n) is 4.68. The molecule has 0 fully saturated rings. The van der Waals surface area contributed by atoms with Gasteiger partial charge in [0.15, 0.2) is 0 Å². The summed E-state index contributed by atoms with van der Waals surface area (Å²) in [6, 6.07) is 10.4. The second-order valence-corrected chi connectivity index (χ2v) is 7.65. The van der Waals surface area contributed by atoms with E-state index in [1.807, 2.05) is 45.0 Å². The summed E-state index contributed by atoms with van der Waals surface area (Å²) >= 11 is 6.03. The summed E-state index contributed by atoms with van der Waals surface area (Å²) in [6.07, 6.45) is 0. The minimum atomic E-state index is -0.808. The van der Waals surface area contributed by atoms with E-state index in [9.17, 15) is 19.7 Å². The number of carbonyl (C=O) groups excluding carboxylic acids is 2. The lowest BCUT2D eigenvalue weighted by Gasteiger charge is -2.22. The van der Waals surface area contributed by atoms with Gasteiger partial charge < -0.3 is 15.4 Å².